The largest absolute Gasteiger partial charge is 0.248 e. The fraction of sp³-hybridized carbons (Fsp3) is 0. The van der Waals surface area contributed by atoms with Crippen LogP contribution in [0.2, 0.25) is 0 Å². The van der Waals surface area contributed by atoms with Crippen molar-refractivity contribution < 1.29 is 0 Å². The van der Waals surface area contributed by atoms with Crippen molar-refractivity contribution in [3.63, 3.8) is 0 Å². The number of benzene rings is 8. The standard InChI is InChI=1S/C49H33N/c1-4-15-34(16-5-1)36-27-29-38(30-28-36)48-42-23-10-12-25-44(42)49(45-26-13-11-24-43(45)48)40-22-14-21-39(31-40)47-33-41(35-17-6-2-7-18-35)32-46(50-47)37-19-8-3-9-20-37/h1-33H. The fourth-order valence-corrected chi connectivity index (χ4v) is 7.28. The lowest BCUT2D eigenvalue weighted by Gasteiger charge is -2.18. The molecule has 0 fully saturated rings. The number of aromatic nitrogens is 1. The third kappa shape index (κ3) is 5.45. The molecular weight excluding hydrogens is 603 g/mol. The van der Waals surface area contributed by atoms with Crippen molar-refractivity contribution in [3.8, 4) is 67.0 Å². The maximum atomic E-state index is 5.24. The van der Waals surface area contributed by atoms with Gasteiger partial charge in [-0.05, 0) is 84.3 Å². The van der Waals surface area contributed by atoms with E-state index in [9.17, 15) is 0 Å². The summed E-state index contributed by atoms with van der Waals surface area (Å²) < 4.78 is 0. The monoisotopic (exact) mass is 635 g/mol. The Kier molecular flexibility index (Phi) is 7.57. The second kappa shape index (κ2) is 12.8. The minimum absolute atomic E-state index is 0.954. The van der Waals surface area contributed by atoms with E-state index in [4.69, 9.17) is 4.98 Å². The molecule has 50 heavy (non-hydrogen) atoms. The highest BCUT2D eigenvalue weighted by atomic mass is 14.7. The van der Waals surface area contributed by atoms with Crippen molar-refractivity contribution in [1.29, 1.82) is 0 Å². The lowest BCUT2D eigenvalue weighted by molar-refractivity contribution is 1.32. The van der Waals surface area contributed by atoms with Gasteiger partial charge in [-0.1, -0.05) is 182 Å². The number of hydrogen-bond acceptors (Lipinski definition) is 1. The molecule has 1 nitrogen and oxygen atoms in total. The van der Waals surface area contributed by atoms with Crippen LogP contribution in [-0.4, -0.2) is 4.98 Å². The van der Waals surface area contributed by atoms with Crippen LogP contribution in [0.25, 0.3) is 88.6 Å². The summed E-state index contributed by atoms with van der Waals surface area (Å²) in [5.74, 6) is 0. The van der Waals surface area contributed by atoms with Crippen LogP contribution in [0.5, 0.6) is 0 Å². The van der Waals surface area contributed by atoms with Crippen molar-refractivity contribution in [3.05, 3.63) is 200 Å². The van der Waals surface area contributed by atoms with Gasteiger partial charge in [0.15, 0.2) is 0 Å². The minimum Gasteiger partial charge on any atom is -0.248 e. The van der Waals surface area contributed by atoms with Crippen molar-refractivity contribution in [2.24, 2.45) is 0 Å². The Morgan fingerprint density at radius 1 is 0.220 bits per heavy atom. The molecular formula is C49H33N. The highest BCUT2D eigenvalue weighted by Crippen LogP contribution is 2.44. The molecule has 0 aliphatic heterocycles. The summed E-state index contributed by atoms with van der Waals surface area (Å²) in [6, 6.07) is 71.7. The van der Waals surface area contributed by atoms with Crippen molar-refractivity contribution in [1.82, 2.24) is 4.98 Å². The molecule has 1 aromatic heterocycles. The smallest absolute Gasteiger partial charge is 0.0715 e. The Morgan fingerprint density at radius 2 is 0.580 bits per heavy atom. The summed E-state index contributed by atoms with van der Waals surface area (Å²) in [5, 5.41) is 4.96. The van der Waals surface area contributed by atoms with Crippen LogP contribution < -0.4 is 0 Å². The van der Waals surface area contributed by atoms with Crippen LogP contribution in [0.15, 0.2) is 200 Å². The molecule has 0 saturated heterocycles. The predicted molar refractivity (Wildman–Crippen MR) is 212 cm³/mol. The van der Waals surface area contributed by atoms with E-state index in [-0.39, 0.29) is 0 Å². The van der Waals surface area contributed by atoms with E-state index in [0.717, 1.165) is 28.1 Å². The summed E-state index contributed by atoms with van der Waals surface area (Å²) in [5.41, 5.74) is 13.8. The molecule has 0 bridgehead atoms. The van der Waals surface area contributed by atoms with Gasteiger partial charge in [-0.25, -0.2) is 4.98 Å². The van der Waals surface area contributed by atoms with Crippen LogP contribution in [0.1, 0.15) is 0 Å². The van der Waals surface area contributed by atoms with Crippen molar-refractivity contribution in [2.45, 2.75) is 0 Å². The molecule has 0 N–H and O–H groups in total. The molecule has 8 aromatic carbocycles. The second-order valence-electron chi connectivity index (χ2n) is 12.7. The normalized spacial score (nSPS) is 11.2. The lowest BCUT2D eigenvalue weighted by Crippen LogP contribution is -1.93. The quantitative estimate of drug-likeness (QED) is 0.166. The summed E-state index contributed by atoms with van der Waals surface area (Å²) in [6.07, 6.45) is 0. The third-order valence-corrected chi connectivity index (χ3v) is 9.66. The fourth-order valence-electron chi connectivity index (χ4n) is 7.28. The van der Waals surface area contributed by atoms with Crippen LogP contribution in [0.4, 0.5) is 0 Å². The minimum atomic E-state index is 0.954. The zero-order valence-electron chi connectivity index (χ0n) is 27.5. The Balaban J connectivity index is 1.22. The van der Waals surface area contributed by atoms with Gasteiger partial charge in [0.25, 0.3) is 0 Å². The van der Waals surface area contributed by atoms with Gasteiger partial charge < -0.3 is 0 Å². The molecule has 0 amide bonds. The van der Waals surface area contributed by atoms with Crippen molar-refractivity contribution >= 4 is 21.5 Å². The van der Waals surface area contributed by atoms with E-state index in [2.05, 4.69) is 200 Å². The van der Waals surface area contributed by atoms with Crippen LogP contribution >= 0.6 is 0 Å². The molecule has 9 rings (SSSR count). The zero-order chi connectivity index (χ0) is 33.3. The first-order valence-corrected chi connectivity index (χ1v) is 17.1. The summed E-state index contributed by atoms with van der Waals surface area (Å²) in [6.45, 7) is 0. The van der Waals surface area contributed by atoms with Crippen LogP contribution in [0, 0.1) is 0 Å². The molecule has 9 aromatic rings. The maximum absolute atomic E-state index is 5.24. The summed E-state index contributed by atoms with van der Waals surface area (Å²) in [4.78, 5) is 5.24. The summed E-state index contributed by atoms with van der Waals surface area (Å²) >= 11 is 0. The average Bonchev–Trinajstić information content (AvgIpc) is 3.21. The van der Waals surface area contributed by atoms with Crippen molar-refractivity contribution in [2.75, 3.05) is 0 Å². The first kappa shape index (κ1) is 29.6. The number of pyridine rings is 1. The molecule has 0 atom stereocenters. The maximum Gasteiger partial charge on any atom is 0.0715 e. The highest BCUT2D eigenvalue weighted by molar-refractivity contribution is 6.21. The van der Waals surface area contributed by atoms with Gasteiger partial charge in [-0.15, -0.1) is 0 Å². The van der Waals surface area contributed by atoms with Crippen LogP contribution in [-0.2, 0) is 0 Å². The van der Waals surface area contributed by atoms with E-state index in [1.807, 2.05) is 0 Å². The molecule has 0 radical (unpaired) electrons. The first-order valence-electron chi connectivity index (χ1n) is 17.1. The molecule has 1 heterocycles. The number of nitrogens with zero attached hydrogens (tertiary/aromatic N) is 1. The molecule has 0 aliphatic rings. The first-order chi connectivity index (χ1) is 24.8. The zero-order valence-corrected chi connectivity index (χ0v) is 27.5. The Labute approximate surface area is 292 Å². The molecule has 234 valence electrons. The Hall–Kier alpha value is -6.57. The SMILES string of the molecule is c1ccc(-c2ccc(-c3c4ccccc4c(-c4cccc(-c5cc(-c6ccccc6)cc(-c6ccccc6)n5)c4)c4ccccc34)cc2)cc1. The second-order valence-corrected chi connectivity index (χ2v) is 12.7. The molecule has 0 saturated carbocycles. The van der Waals surface area contributed by atoms with E-state index in [1.54, 1.807) is 0 Å². The third-order valence-electron chi connectivity index (χ3n) is 9.66. The highest BCUT2D eigenvalue weighted by Gasteiger charge is 2.17. The van der Waals surface area contributed by atoms with E-state index >= 15 is 0 Å². The van der Waals surface area contributed by atoms with Gasteiger partial charge in [-0.2, -0.15) is 0 Å². The molecule has 0 spiro atoms. The van der Waals surface area contributed by atoms with Crippen LogP contribution in [0.3, 0.4) is 0 Å². The predicted octanol–water partition coefficient (Wildman–Crippen LogP) is 13.4. The molecule has 0 aliphatic carbocycles. The number of rotatable bonds is 6. The average molecular weight is 636 g/mol. The van der Waals surface area contributed by atoms with E-state index < -0.39 is 0 Å². The number of hydrogen-bond donors (Lipinski definition) is 0. The van der Waals surface area contributed by atoms with E-state index in [0.29, 0.717) is 0 Å². The van der Waals surface area contributed by atoms with Gasteiger partial charge in [-0.3, -0.25) is 0 Å². The summed E-state index contributed by atoms with van der Waals surface area (Å²) in [7, 11) is 0. The Morgan fingerprint density at radius 3 is 1.12 bits per heavy atom. The van der Waals surface area contributed by atoms with Gasteiger partial charge in [0.1, 0.15) is 0 Å². The van der Waals surface area contributed by atoms with Gasteiger partial charge in [0.2, 0.25) is 0 Å². The van der Waals surface area contributed by atoms with Gasteiger partial charge in [0.05, 0.1) is 11.4 Å². The topological polar surface area (TPSA) is 12.9 Å². The molecule has 1 heteroatoms. The van der Waals surface area contributed by atoms with Gasteiger partial charge >= 0.3 is 0 Å². The van der Waals surface area contributed by atoms with E-state index in [1.165, 1.54) is 60.5 Å². The lowest BCUT2D eigenvalue weighted by atomic mass is 9.85. The molecule has 0 unspecified atom stereocenters. The Bertz CT molecular complexity index is 2490. The van der Waals surface area contributed by atoms with Gasteiger partial charge in [0, 0.05) is 11.1 Å². The number of fused-ring (bicyclic) bond motifs is 2.